The molecule has 0 saturated heterocycles. The van der Waals surface area contributed by atoms with Crippen LogP contribution in [-0.4, -0.2) is 201 Å². The van der Waals surface area contributed by atoms with E-state index in [1.165, 1.54) is 0 Å². The van der Waals surface area contributed by atoms with Crippen molar-refractivity contribution in [3.05, 3.63) is 0 Å². The van der Waals surface area contributed by atoms with Crippen molar-refractivity contribution in [2.75, 3.05) is 136 Å². The van der Waals surface area contributed by atoms with Gasteiger partial charge < -0.3 is 54.1 Å². The standard InChI is InChI=1S/C38H88N4O10SSi4/c1-17-41(18-2)37(27-33-56(43-11,44-12)45-13,35-39(9)29-25-31-54(49-21-5)50-22-6)53-38(42(19-3)20-4,28-34-57(46-14,47-15)48-16)36-40(10)30-26-32-55(51-23-7)52-24-8/h17-36H2,1-16H3. The van der Waals surface area contributed by atoms with Gasteiger partial charge in [-0.2, -0.15) is 0 Å². The zero-order chi connectivity index (χ0) is 43.4. The molecule has 2 atom stereocenters. The topological polar surface area (TPSA) is 105 Å². The van der Waals surface area contributed by atoms with Gasteiger partial charge in [-0.25, -0.2) is 0 Å². The van der Waals surface area contributed by atoms with Crippen molar-refractivity contribution in [1.82, 2.24) is 19.6 Å². The Kier molecular flexibility index (Phi) is 32.7. The second kappa shape index (κ2) is 32.3. The third-order valence-electron chi connectivity index (χ3n) is 10.7. The first-order chi connectivity index (χ1) is 27.3. The molecule has 0 bridgehead atoms. The number of hydrogen-bond acceptors (Lipinski definition) is 15. The fourth-order valence-corrected chi connectivity index (χ4v) is 17.1. The monoisotopic (exact) mass is 905 g/mol. The van der Waals surface area contributed by atoms with Crippen LogP contribution in [0.2, 0.25) is 24.2 Å². The van der Waals surface area contributed by atoms with Crippen LogP contribution in [0.3, 0.4) is 0 Å². The van der Waals surface area contributed by atoms with Crippen LogP contribution in [-0.2, 0) is 44.3 Å². The molecule has 14 nitrogen and oxygen atoms in total. The maximum atomic E-state index is 6.09. The Labute approximate surface area is 360 Å². The van der Waals surface area contributed by atoms with Gasteiger partial charge in [-0.1, -0.05) is 27.7 Å². The molecule has 0 rings (SSSR count). The predicted molar refractivity (Wildman–Crippen MR) is 243 cm³/mol. The summed E-state index contributed by atoms with van der Waals surface area (Å²) in [7, 11) is 6.33. The Morgan fingerprint density at radius 3 is 0.982 bits per heavy atom. The van der Waals surface area contributed by atoms with E-state index >= 15 is 0 Å². The number of thioether (sulfide) groups is 1. The lowest BCUT2D eigenvalue weighted by atomic mass is 10.1. The highest BCUT2D eigenvalue weighted by Crippen LogP contribution is 2.49. The van der Waals surface area contributed by atoms with Crippen LogP contribution in [0.25, 0.3) is 0 Å². The van der Waals surface area contributed by atoms with Gasteiger partial charge in [-0.15, -0.1) is 11.8 Å². The van der Waals surface area contributed by atoms with E-state index in [0.29, 0.717) is 38.5 Å². The normalized spacial score (nSPS) is 15.3. The van der Waals surface area contributed by atoms with Crippen molar-refractivity contribution in [2.45, 2.75) is 115 Å². The molecule has 2 radical (unpaired) electrons. The quantitative estimate of drug-likeness (QED) is 0.0523. The molecule has 0 heterocycles. The average molecular weight is 906 g/mol. The minimum absolute atomic E-state index is 0.360. The van der Waals surface area contributed by atoms with Crippen LogP contribution >= 0.6 is 11.8 Å². The van der Waals surface area contributed by atoms with Crippen molar-refractivity contribution >= 4 is 47.9 Å². The highest BCUT2D eigenvalue weighted by atomic mass is 32.2. The van der Waals surface area contributed by atoms with Crippen molar-refractivity contribution in [3.63, 3.8) is 0 Å². The molecule has 0 aliphatic rings. The van der Waals surface area contributed by atoms with Gasteiger partial charge in [-0.05, 0) is 119 Å². The second-order valence-corrected chi connectivity index (χ2v) is 25.6. The summed E-state index contributed by atoms with van der Waals surface area (Å²) in [6.07, 6.45) is 3.61. The van der Waals surface area contributed by atoms with Crippen LogP contribution in [0.15, 0.2) is 0 Å². The molecule has 342 valence electrons. The number of nitrogens with zero attached hydrogens (tertiary/aromatic N) is 4. The molecule has 0 aromatic heterocycles. The van der Waals surface area contributed by atoms with E-state index in [-0.39, 0.29) is 9.74 Å². The molecule has 0 N–H and O–H groups in total. The Morgan fingerprint density at radius 2 is 0.754 bits per heavy atom. The van der Waals surface area contributed by atoms with E-state index in [9.17, 15) is 0 Å². The Bertz CT molecular complexity index is 867. The van der Waals surface area contributed by atoms with Gasteiger partial charge in [0.05, 0.1) is 9.74 Å². The number of rotatable bonds is 40. The van der Waals surface area contributed by atoms with Gasteiger partial charge in [0, 0.05) is 94.3 Å². The first-order valence-corrected chi connectivity index (χ1v) is 29.1. The van der Waals surface area contributed by atoms with Gasteiger partial charge in [-0.3, -0.25) is 9.80 Å². The van der Waals surface area contributed by atoms with Crippen molar-refractivity contribution in [3.8, 4) is 0 Å². The molecule has 0 aliphatic heterocycles. The fraction of sp³-hybridized carbons (Fsp3) is 1.00. The lowest BCUT2D eigenvalue weighted by molar-refractivity contribution is 0.0883. The third kappa shape index (κ3) is 19.7. The highest BCUT2D eigenvalue weighted by molar-refractivity contribution is 8.02. The van der Waals surface area contributed by atoms with Crippen LogP contribution in [0, 0.1) is 0 Å². The molecule has 57 heavy (non-hydrogen) atoms. The smallest absolute Gasteiger partial charge is 0.394 e. The predicted octanol–water partition coefficient (Wildman–Crippen LogP) is 6.10. The molecule has 2 unspecified atom stereocenters. The second-order valence-electron chi connectivity index (χ2n) is 14.1. The Balaban J connectivity index is 7.52. The Morgan fingerprint density at radius 1 is 0.474 bits per heavy atom. The van der Waals surface area contributed by atoms with Crippen LogP contribution in [0.1, 0.15) is 81.1 Å². The van der Waals surface area contributed by atoms with Crippen LogP contribution < -0.4 is 0 Å². The van der Waals surface area contributed by atoms with E-state index in [4.69, 9.17) is 44.3 Å². The SMILES string of the molecule is CCO[Si](CCCN(C)CC(CC[Si](OC)(OC)OC)(SC(CC[Si](OC)(OC)OC)(CN(C)CCC[Si](OCC)OCC)N(CC)CC)N(CC)CC)OCC. The molecule has 0 fully saturated rings. The third-order valence-corrected chi connectivity index (χ3v) is 22.0. The zero-order valence-corrected chi connectivity index (χ0v) is 44.2. The van der Waals surface area contributed by atoms with Crippen molar-refractivity contribution in [1.29, 1.82) is 0 Å². The van der Waals surface area contributed by atoms with Gasteiger partial charge >= 0.3 is 36.2 Å². The van der Waals surface area contributed by atoms with Crippen LogP contribution in [0.5, 0.6) is 0 Å². The maximum absolute atomic E-state index is 6.09. The summed E-state index contributed by atoms with van der Waals surface area (Å²) in [5.74, 6) is 0. The molecule has 0 saturated carbocycles. The number of hydrogen-bond donors (Lipinski definition) is 0. The van der Waals surface area contributed by atoms with Gasteiger partial charge in [0.1, 0.15) is 0 Å². The molecule has 0 amide bonds. The van der Waals surface area contributed by atoms with E-state index < -0.39 is 36.2 Å². The van der Waals surface area contributed by atoms with Crippen LogP contribution in [0.4, 0.5) is 0 Å². The molecular formula is C38H88N4O10SSi4. The maximum Gasteiger partial charge on any atom is 0.500 e. The molecule has 0 aromatic carbocycles. The lowest BCUT2D eigenvalue weighted by Gasteiger charge is -2.54. The summed E-state index contributed by atoms with van der Waals surface area (Å²) >= 11 is 2.11. The first kappa shape index (κ1) is 57.7. The average Bonchev–Trinajstić information content (AvgIpc) is 3.20. The molecule has 0 aliphatic carbocycles. The summed E-state index contributed by atoms with van der Waals surface area (Å²) in [5.41, 5.74) is 0. The van der Waals surface area contributed by atoms with E-state index in [2.05, 4.69) is 73.2 Å². The highest BCUT2D eigenvalue weighted by Gasteiger charge is 2.52. The molecule has 0 aromatic rings. The van der Waals surface area contributed by atoms with E-state index in [0.717, 1.165) is 90.1 Å². The zero-order valence-electron chi connectivity index (χ0n) is 39.4. The summed E-state index contributed by atoms with van der Waals surface area (Å²) in [6, 6.07) is 3.23. The van der Waals surface area contributed by atoms with Crippen molar-refractivity contribution < 1.29 is 44.3 Å². The molecule has 0 spiro atoms. The summed E-state index contributed by atoms with van der Waals surface area (Å²) in [6.45, 7) is 27.1. The fourth-order valence-electron chi connectivity index (χ4n) is 7.74. The summed E-state index contributed by atoms with van der Waals surface area (Å²) < 4.78 is 60.6. The first-order valence-electron chi connectivity index (χ1n) is 21.4. The van der Waals surface area contributed by atoms with Gasteiger partial charge in [0.25, 0.3) is 0 Å². The largest absolute Gasteiger partial charge is 0.500 e. The molecule has 19 heteroatoms. The summed E-state index contributed by atoms with van der Waals surface area (Å²) in [4.78, 5) is 9.63. The lowest BCUT2D eigenvalue weighted by Crippen LogP contribution is -2.62. The number of likely N-dealkylation sites (N-methyl/N-ethyl adjacent to an activating group) is 4. The van der Waals surface area contributed by atoms with Crippen molar-refractivity contribution in [2.24, 2.45) is 0 Å². The Hall–Kier alpha value is 0.658. The van der Waals surface area contributed by atoms with E-state index in [1.54, 1.807) is 42.7 Å². The van der Waals surface area contributed by atoms with Gasteiger partial charge in [0.15, 0.2) is 0 Å². The van der Waals surface area contributed by atoms with E-state index in [1.807, 2.05) is 27.7 Å². The summed E-state index contributed by atoms with van der Waals surface area (Å²) in [5, 5.41) is 0. The minimum Gasteiger partial charge on any atom is -0.394 e. The van der Waals surface area contributed by atoms with Gasteiger partial charge in [0.2, 0.25) is 0 Å². The minimum atomic E-state index is -2.95. The molecular weight excluding hydrogens is 817 g/mol.